The summed E-state index contributed by atoms with van der Waals surface area (Å²) in [6.07, 6.45) is 4.38. The maximum atomic E-state index is 12.6. The van der Waals surface area contributed by atoms with Crippen LogP contribution >= 0.6 is 0 Å². The van der Waals surface area contributed by atoms with Gasteiger partial charge < -0.3 is 20.0 Å². The van der Waals surface area contributed by atoms with Crippen LogP contribution in [0.2, 0.25) is 0 Å². The lowest BCUT2D eigenvalue weighted by molar-refractivity contribution is -0.142. The standard InChI is InChI=1S/C21H30N2O4/c24-13-1-10-23-16-21(7-6-19(23)26)8-11-22(12-9-21)20(27)14-17-2-4-18(15-25)5-3-17/h2-5,24-25H,1,6-16H2. The van der Waals surface area contributed by atoms with Gasteiger partial charge in [0.25, 0.3) is 0 Å². The van der Waals surface area contributed by atoms with Crippen molar-refractivity contribution in [2.75, 3.05) is 32.8 Å². The van der Waals surface area contributed by atoms with Crippen molar-refractivity contribution in [1.82, 2.24) is 9.80 Å². The average molecular weight is 374 g/mol. The minimum Gasteiger partial charge on any atom is -0.396 e. The van der Waals surface area contributed by atoms with Gasteiger partial charge in [0.2, 0.25) is 11.8 Å². The van der Waals surface area contributed by atoms with Crippen molar-refractivity contribution in [1.29, 1.82) is 0 Å². The summed E-state index contributed by atoms with van der Waals surface area (Å²) in [6.45, 7) is 3.00. The summed E-state index contributed by atoms with van der Waals surface area (Å²) in [5.41, 5.74) is 1.95. The largest absolute Gasteiger partial charge is 0.396 e. The van der Waals surface area contributed by atoms with E-state index < -0.39 is 0 Å². The molecule has 6 heteroatoms. The highest BCUT2D eigenvalue weighted by Gasteiger charge is 2.41. The zero-order valence-corrected chi connectivity index (χ0v) is 15.9. The summed E-state index contributed by atoms with van der Waals surface area (Å²) in [7, 11) is 0. The van der Waals surface area contributed by atoms with Gasteiger partial charge in [-0.3, -0.25) is 9.59 Å². The fraction of sp³-hybridized carbons (Fsp3) is 0.619. The maximum absolute atomic E-state index is 12.6. The Kier molecular flexibility index (Phi) is 6.50. The third-order valence-corrected chi connectivity index (χ3v) is 6.07. The van der Waals surface area contributed by atoms with Gasteiger partial charge in [-0.05, 0) is 42.2 Å². The molecule has 2 heterocycles. The molecule has 1 aromatic rings. The number of benzene rings is 1. The second kappa shape index (κ2) is 8.85. The molecule has 6 nitrogen and oxygen atoms in total. The van der Waals surface area contributed by atoms with E-state index in [0.717, 1.165) is 50.0 Å². The second-order valence-electron chi connectivity index (χ2n) is 7.92. The van der Waals surface area contributed by atoms with Crippen LogP contribution in [0, 0.1) is 5.41 Å². The average Bonchev–Trinajstić information content (AvgIpc) is 2.70. The number of carbonyl (C=O) groups excluding carboxylic acids is 2. The molecule has 0 aromatic heterocycles. The molecule has 27 heavy (non-hydrogen) atoms. The number of aliphatic hydroxyl groups excluding tert-OH is 2. The third kappa shape index (κ3) is 4.87. The zero-order valence-electron chi connectivity index (χ0n) is 15.9. The van der Waals surface area contributed by atoms with Gasteiger partial charge in [-0.25, -0.2) is 0 Å². The van der Waals surface area contributed by atoms with Crippen LogP contribution < -0.4 is 0 Å². The topological polar surface area (TPSA) is 81.1 Å². The molecule has 1 spiro atoms. The molecule has 0 radical (unpaired) electrons. The van der Waals surface area contributed by atoms with Crippen molar-refractivity contribution in [3.8, 4) is 0 Å². The first-order valence-corrected chi connectivity index (χ1v) is 9.90. The summed E-state index contributed by atoms with van der Waals surface area (Å²) in [5.74, 6) is 0.338. The van der Waals surface area contributed by atoms with Gasteiger partial charge in [-0.15, -0.1) is 0 Å². The normalized spacial score (nSPS) is 19.6. The smallest absolute Gasteiger partial charge is 0.226 e. The molecule has 2 saturated heterocycles. The Labute approximate surface area is 160 Å². The van der Waals surface area contributed by atoms with Crippen LogP contribution in [0.15, 0.2) is 24.3 Å². The summed E-state index contributed by atoms with van der Waals surface area (Å²) in [6, 6.07) is 7.52. The van der Waals surface area contributed by atoms with Crippen molar-refractivity contribution in [2.45, 2.75) is 45.1 Å². The first-order chi connectivity index (χ1) is 13.0. The van der Waals surface area contributed by atoms with Crippen molar-refractivity contribution < 1.29 is 19.8 Å². The van der Waals surface area contributed by atoms with Gasteiger partial charge in [0.15, 0.2) is 0 Å². The van der Waals surface area contributed by atoms with Crippen LogP contribution in [-0.2, 0) is 22.6 Å². The number of carbonyl (C=O) groups is 2. The van der Waals surface area contributed by atoms with E-state index in [-0.39, 0.29) is 30.4 Å². The zero-order chi connectivity index (χ0) is 19.3. The monoisotopic (exact) mass is 374 g/mol. The van der Waals surface area contributed by atoms with E-state index in [0.29, 0.717) is 25.8 Å². The molecule has 0 atom stereocenters. The van der Waals surface area contributed by atoms with Gasteiger partial charge in [-0.2, -0.15) is 0 Å². The number of amides is 2. The molecule has 0 unspecified atom stereocenters. The predicted octanol–water partition coefficient (Wildman–Crippen LogP) is 1.33. The molecule has 0 saturated carbocycles. The van der Waals surface area contributed by atoms with Crippen molar-refractivity contribution in [3.05, 3.63) is 35.4 Å². The highest BCUT2D eigenvalue weighted by Crippen LogP contribution is 2.40. The Balaban J connectivity index is 1.52. The fourth-order valence-electron chi connectivity index (χ4n) is 4.26. The molecule has 2 aliphatic heterocycles. The van der Waals surface area contributed by atoms with Crippen molar-refractivity contribution in [2.24, 2.45) is 5.41 Å². The molecule has 2 fully saturated rings. The van der Waals surface area contributed by atoms with E-state index in [4.69, 9.17) is 10.2 Å². The SMILES string of the molecule is O=C(Cc1ccc(CO)cc1)N1CCC2(CCC(=O)N(CCCO)C2)CC1. The molecule has 2 N–H and O–H groups in total. The number of hydrogen-bond acceptors (Lipinski definition) is 4. The summed E-state index contributed by atoms with van der Waals surface area (Å²) in [5, 5.41) is 18.1. The summed E-state index contributed by atoms with van der Waals surface area (Å²) >= 11 is 0. The Morgan fingerprint density at radius 3 is 2.33 bits per heavy atom. The van der Waals surface area contributed by atoms with E-state index in [1.807, 2.05) is 34.1 Å². The van der Waals surface area contributed by atoms with E-state index >= 15 is 0 Å². The second-order valence-corrected chi connectivity index (χ2v) is 7.92. The van der Waals surface area contributed by atoms with Crippen LogP contribution in [0.1, 0.15) is 43.2 Å². The van der Waals surface area contributed by atoms with E-state index in [1.165, 1.54) is 0 Å². The number of nitrogens with zero attached hydrogens (tertiary/aromatic N) is 2. The summed E-state index contributed by atoms with van der Waals surface area (Å²) < 4.78 is 0. The summed E-state index contributed by atoms with van der Waals surface area (Å²) in [4.78, 5) is 28.6. The van der Waals surface area contributed by atoms with Crippen LogP contribution in [0.25, 0.3) is 0 Å². The lowest BCUT2D eigenvalue weighted by atomic mass is 9.72. The Hall–Kier alpha value is -1.92. The molecule has 148 valence electrons. The van der Waals surface area contributed by atoms with E-state index in [9.17, 15) is 9.59 Å². The van der Waals surface area contributed by atoms with Crippen molar-refractivity contribution in [3.63, 3.8) is 0 Å². The minimum absolute atomic E-state index is 0.0141. The van der Waals surface area contributed by atoms with Gasteiger partial charge in [-0.1, -0.05) is 24.3 Å². The van der Waals surface area contributed by atoms with Gasteiger partial charge in [0.1, 0.15) is 0 Å². The van der Waals surface area contributed by atoms with E-state index in [2.05, 4.69) is 0 Å². The molecule has 3 rings (SSSR count). The lowest BCUT2D eigenvalue weighted by Gasteiger charge is -2.47. The quantitative estimate of drug-likeness (QED) is 0.787. The molecule has 2 aliphatic rings. The number of hydrogen-bond donors (Lipinski definition) is 2. The van der Waals surface area contributed by atoms with Gasteiger partial charge in [0.05, 0.1) is 13.0 Å². The minimum atomic E-state index is 0.0141. The van der Waals surface area contributed by atoms with Gasteiger partial charge in [0, 0.05) is 39.2 Å². The van der Waals surface area contributed by atoms with E-state index in [1.54, 1.807) is 0 Å². The third-order valence-electron chi connectivity index (χ3n) is 6.07. The highest BCUT2D eigenvalue weighted by atomic mass is 16.3. The van der Waals surface area contributed by atoms with Crippen LogP contribution in [0.4, 0.5) is 0 Å². The van der Waals surface area contributed by atoms with Crippen LogP contribution in [0.5, 0.6) is 0 Å². The lowest BCUT2D eigenvalue weighted by Crippen LogP contribution is -2.52. The molecule has 2 amide bonds. The number of likely N-dealkylation sites (tertiary alicyclic amines) is 2. The highest BCUT2D eigenvalue weighted by molar-refractivity contribution is 5.79. The maximum Gasteiger partial charge on any atom is 0.226 e. The van der Waals surface area contributed by atoms with Gasteiger partial charge >= 0.3 is 0 Å². The molecule has 0 bridgehead atoms. The van der Waals surface area contributed by atoms with Crippen molar-refractivity contribution >= 4 is 11.8 Å². The Morgan fingerprint density at radius 1 is 1.04 bits per heavy atom. The Morgan fingerprint density at radius 2 is 1.70 bits per heavy atom. The van der Waals surface area contributed by atoms with Crippen LogP contribution in [-0.4, -0.2) is 64.6 Å². The van der Waals surface area contributed by atoms with Crippen LogP contribution in [0.3, 0.4) is 0 Å². The fourth-order valence-corrected chi connectivity index (χ4v) is 4.26. The molecular weight excluding hydrogens is 344 g/mol. The molecular formula is C21H30N2O4. The number of rotatable bonds is 6. The Bertz CT molecular complexity index is 651. The predicted molar refractivity (Wildman–Crippen MR) is 102 cm³/mol. The number of piperidine rings is 2. The molecule has 0 aliphatic carbocycles. The number of aliphatic hydroxyl groups is 2. The molecule has 1 aromatic carbocycles. The first-order valence-electron chi connectivity index (χ1n) is 9.90. The first kappa shape index (κ1) is 19.8.